The lowest BCUT2D eigenvalue weighted by molar-refractivity contribution is 0.829. The van der Waals surface area contributed by atoms with Gasteiger partial charge in [0.1, 0.15) is 17.2 Å². The normalized spacial score (nSPS) is 11.0. The van der Waals surface area contributed by atoms with E-state index >= 15 is 0 Å². The standard InChI is InChI=1S/C19H23N3/c1-4-5-11-20-19-18(16-9-7-6-8-10-16)21-17-13-14(2)12-15(3)22(17)19/h6-10,12-13,20H,4-5,11H2,1-3H3. The first kappa shape index (κ1) is 14.6. The zero-order valence-corrected chi connectivity index (χ0v) is 13.6. The molecule has 2 aromatic heterocycles. The fourth-order valence-electron chi connectivity index (χ4n) is 2.87. The third kappa shape index (κ3) is 2.71. The minimum atomic E-state index is 0.970. The van der Waals surface area contributed by atoms with Crippen molar-refractivity contribution in [3.63, 3.8) is 0 Å². The second-order valence-electron chi connectivity index (χ2n) is 5.82. The lowest BCUT2D eigenvalue weighted by Crippen LogP contribution is -2.06. The molecule has 3 aromatic rings. The summed E-state index contributed by atoms with van der Waals surface area (Å²) in [5.74, 6) is 1.10. The van der Waals surface area contributed by atoms with Crippen LogP contribution in [-0.4, -0.2) is 15.9 Å². The van der Waals surface area contributed by atoms with Crippen molar-refractivity contribution in [1.82, 2.24) is 9.38 Å². The van der Waals surface area contributed by atoms with Gasteiger partial charge in [-0.05, 0) is 38.0 Å². The average molecular weight is 293 g/mol. The van der Waals surface area contributed by atoms with Gasteiger partial charge >= 0.3 is 0 Å². The molecule has 3 rings (SSSR count). The van der Waals surface area contributed by atoms with Crippen molar-refractivity contribution in [1.29, 1.82) is 0 Å². The van der Waals surface area contributed by atoms with Crippen LogP contribution >= 0.6 is 0 Å². The van der Waals surface area contributed by atoms with Crippen LogP contribution in [0.2, 0.25) is 0 Å². The number of fused-ring (bicyclic) bond motifs is 1. The summed E-state index contributed by atoms with van der Waals surface area (Å²) < 4.78 is 2.23. The predicted molar refractivity (Wildman–Crippen MR) is 93.5 cm³/mol. The van der Waals surface area contributed by atoms with Gasteiger partial charge in [-0.15, -0.1) is 0 Å². The zero-order valence-electron chi connectivity index (χ0n) is 13.6. The van der Waals surface area contributed by atoms with Crippen molar-refractivity contribution in [3.8, 4) is 11.3 Å². The van der Waals surface area contributed by atoms with Crippen molar-refractivity contribution < 1.29 is 0 Å². The molecule has 0 fully saturated rings. The molecule has 0 saturated heterocycles. The molecule has 0 bridgehead atoms. The third-order valence-corrected chi connectivity index (χ3v) is 3.92. The molecule has 0 aliphatic rings. The van der Waals surface area contributed by atoms with E-state index in [1.54, 1.807) is 0 Å². The highest BCUT2D eigenvalue weighted by atomic mass is 15.1. The SMILES string of the molecule is CCCCNc1c(-c2ccccc2)nc2cc(C)cc(C)n12. The number of aryl methyl sites for hydroxylation is 2. The van der Waals surface area contributed by atoms with Crippen LogP contribution in [0.25, 0.3) is 16.9 Å². The van der Waals surface area contributed by atoms with Crippen LogP contribution in [0.4, 0.5) is 5.82 Å². The number of hydrogen-bond acceptors (Lipinski definition) is 2. The number of nitrogens with zero attached hydrogens (tertiary/aromatic N) is 2. The Kier molecular flexibility index (Phi) is 4.14. The molecule has 0 amide bonds. The monoisotopic (exact) mass is 293 g/mol. The fourth-order valence-corrected chi connectivity index (χ4v) is 2.87. The van der Waals surface area contributed by atoms with E-state index in [-0.39, 0.29) is 0 Å². The summed E-state index contributed by atoms with van der Waals surface area (Å²) in [7, 11) is 0. The molecule has 1 N–H and O–H groups in total. The highest BCUT2D eigenvalue weighted by molar-refractivity contribution is 5.77. The molecule has 1 aromatic carbocycles. The van der Waals surface area contributed by atoms with Crippen LogP contribution in [0.15, 0.2) is 42.5 Å². The van der Waals surface area contributed by atoms with Gasteiger partial charge in [-0.25, -0.2) is 4.98 Å². The number of nitrogens with one attached hydrogen (secondary N) is 1. The molecule has 0 atom stereocenters. The summed E-state index contributed by atoms with van der Waals surface area (Å²) in [6.07, 6.45) is 2.34. The highest BCUT2D eigenvalue weighted by Crippen LogP contribution is 2.30. The van der Waals surface area contributed by atoms with Gasteiger partial charge in [0.05, 0.1) is 0 Å². The molecular formula is C19H23N3. The number of benzene rings is 1. The quantitative estimate of drug-likeness (QED) is 0.683. The van der Waals surface area contributed by atoms with Crippen LogP contribution in [-0.2, 0) is 0 Å². The van der Waals surface area contributed by atoms with Crippen molar-refractivity contribution >= 4 is 11.5 Å². The van der Waals surface area contributed by atoms with Gasteiger partial charge in [0, 0.05) is 17.8 Å². The molecule has 2 heterocycles. The van der Waals surface area contributed by atoms with Crippen LogP contribution < -0.4 is 5.32 Å². The highest BCUT2D eigenvalue weighted by Gasteiger charge is 2.15. The number of unbranched alkanes of at least 4 members (excludes halogenated alkanes) is 1. The van der Waals surface area contributed by atoms with Crippen molar-refractivity contribution in [2.45, 2.75) is 33.6 Å². The van der Waals surface area contributed by atoms with Crippen LogP contribution in [0.3, 0.4) is 0 Å². The van der Waals surface area contributed by atoms with Gasteiger partial charge in [0.25, 0.3) is 0 Å². The second kappa shape index (κ2) is 6.22. The number of imidazole rings is 1. The minimum Gasteiger partial charge on any atom is -0.369 e. The number of hydrogen-bond donors (Lipinski definition) is 1. The molecule has 0 saturated carbocycles. The minimum absolute atomic E-state index is 0.970. The van der Waals surface area contributed by atoms with Gasteiger partial charge in [-0.3, -0.25) is 4.40 Å². The molecule has 0 unspecified atom stereocenters. The van der Waals surface area contributed by atoms with E-state index in [1.165, 1.54) is 17.7 Å². The molecule has 0 spiro atoms. The van der Waals surface area contributed by atoms with Gasteiger partial charge < -0.3 is 5.32 Å². The number of anilines is 1. The molecule has 0 radical (unpaired) electrons. The Morgan fingerprint density at radius 3 is 2.59 bits per heavy atom. The zero-order chi connectivity index (χ0) is 15.5. The van der Waals surface area contributed by atoms with Crippen LogP contribution in [0.5, 0.6) is 0 Å². The van der Waals surface area contributed by atoms with E-state index in [0.29, 0.717) is 0 Å². The topological polar surface area (TPSA) is 29.3 Å². The average Bonchev–Trinajstić information content (AvgIpc) is 2.87. The smallest absolute Gasteiger partial charge is 0.139 e. The summed E-state index contributed by atoms with van der Waals surface area (Å²) in [4.78, 5) is 4.88. The van der Waals surface area contributed by atoms with Crippen LogP contribution in [0, 0.1) is 13.8 Å². The van der Waals surface area contributed by atoms with Crippen molar-refractivity contribution in [2.75, 3.05) is 11.9 Å². The summed E-state index contributed by atoms with van der Waals surface area (Å²) in [5, 5.41) is 3.60. The second-order valence-corrected chi connectivity index (χ2v) is 5.82. The first-order valence-corrected chi connectivity index (χ1v) is 7.99. The lowest BCUT2D eigenvalue weighted by Gasteiger charge is -2.10. The van der Waals surface area contributed by atoms with Crippen molar-refractivity contribution in [2.24, 2.45) is 0 Å². The Labute approximate surface area is 132 Å². The van der Waals surface area contributed by atoms with Gasteiger partial charge in [-0.2, -0.15) is 0 Å². The molecule has 0 aliphatic carbocycles. The Morgan fingerprint density at radius 1 is 1.09 bits per heavy atom. The molecule has 0 aliphatic heterocycles. The summed E-state index contributed by atoms with van der Waals surface area (Å²) in [6.45, 7) is 7.44. The van der Waals surface area contributed by atoms with Gasteiger partial charge in [0.2, 0.25) is 0 Å². The van der Waals surface area contributed by atoms with E-state index in [4.69, 9.17) is 4.98 Å². The number of pyridine rings is 1. The third-order valence-electron chi connectivity index (χ3n) is 3.92. The molecular weight excluding hydrogens is 270 g/mol. The maximum atomic E-state index is 4.88. The first-order valence-electron chi connectivity index (χ1n) is 7.99. The lowest BCUT2D eigenvalue weighted by atomic mass is 10.1. The Morgan fingerprint density at radius 2 is 1.86 bits per heavy atom. The van der Waals surface area contributed by atoms with Gasteiger partial charge in [-0.1, -0.05) is 43.7 Å². The summed E-state index contributed by atoms with van der Waals surface area (Å²) in [5.41, 5.74) is 5.65. The maximum absolute atomic E-state index is 4.88. The Bertz CT molecular complexity index is 772. The van der Waals surface area contributed by atoms with E-state index in [9.17, 15) is 0 Å². The predicted octanol–water partition coefficient (Wildman–Crippen LogP) is 4.83. The molecule has 3 heteroatoms. The molecule has 3 nitrogen and oxygen atoms in total. The number of rotatable bonds is 5. The largest absolute Gasteiger partial charge is 0.369 e. The van der Waals surface area contributed by atoms with E-state index < -0.39 is 0 Å². The molecule has 114 valence electrons. The van der Waals surface area contributed by atoms with Gasteiger partial charge in [0.15, 0.2) is 0 Å². The summed E-state index contributed by atoms with van der Waals surface area (Å²) in [6, 6.07) is 14.8. The maximum Gasteiger partial charge on any atom is 0.139 e. The fraction of sp³-hybridized carbons (Fsp3) is 0.316. The van der Waals surface area contributed by atoms with E-state index in [0.717, 1.165) is 35.7 Å². The first-order chi connectivity index (χ1) is 10.7. The Hall–Kier alpha value is -2.29. The number of aromatic nitrogens is 2. The van der Waals surface area contributed by atoms with E-state index in [2.05, 4.69) is 66.9 Å². The van der Waals surface area contributed by atoms with E-state index in [1.807, 2.05) is 6.07 Å². The van der Waals surface area contributed by atoms with Crippen LogP contribution in [0.1, 0.15) is 31.0 Å². The Balaban J connectivity index is 2.17. The molecule has 22 heavy (non-hydrogen) atoms. The van der Waals surface area contributed by atoms with Crippen molar-refractivity contribution in [3.05, 3.63) is 53.7 Å². The summed E-state index contributed by atoms with van der Waals surface area (Å²) >= 11 is 0.